The molecule has 134 valence electrons. The Morgan fingerprint density at radius 1 is 0.652 bits per heavy atom. The summed E-state index contributed by atoms with van der Waals surface area (Å²) < 4.78 is 0. The van der Waals surface area contributed by atoms with E-state index >= 15 is 0 Å². The third-order valence-corrected chi connectivity index (χ3v) is 6.99. The lowest BCUT2D eigenvalue weighted by molar-refractivity contribution is 0.0477. The Bertz CT molecular complexity index is 352. The summed E-state index contributed by atoms with van der Waals surface area (Å²) in [6.45, 7) is 17.4. The van der Waals surface area contributed by atoms with Gasteiger partial charge in [0.15, 0.2) is 0 Å². The maximum absolute atomic E-state index is 2.82. The van der Waals surface area contributed by atoms with E-state index in [0.29, 0.717) is 0 Å². The first-order chi connectivity index (χ1) is 11.0. The van der Waals surface area contributed by atoms with Crippen LogP contribution in [0.2, 0.25) is 0 Å². The van der Waals surface area contributed by atoms with Gasteiger partial charge in [-0.25, -0.2) is 0 Å². The smallest absolute Gasteiger partial charge is 0.0236 e. The Balaban J connectivity index is 1.41. The van der Waals surface area contributed by atoms with E-state index < -0.39 is 0 Å². The molecule has 3 aliphatic rings. The Kier molecular flexibility index (Phi) is 6.03. The molecule has 0 radical (unpaired) electrons. The lowest BCUT2D eigenvalue weighted by Crippen LogP contribution is -2.54. The highest BCUT2D eigenvalue weighted by Gasteiger charge is 2.33. The summed E-state index contributed by atoms with van der Waals surface area (Å²) in [6.07, 6.45) is 7.22. The van der Waals surface area contributed by atoms with Gasteiger partial charge in [-0.05, 0) is 57.8 Å². The molecule has 0 bridgehead atoms. The van der Waals surface area contributed by atoms with Crippen molar-refractivity contribution in [3.05, 3.63) is 0 Å². The number of likely N-dealkylation sites (tertiary alicyclic amines) is 1. The van der Waals surface area contributed by atoms with E-state index in [4.69, 9.17) is 0 Å². The van der Waals surface area contributed by atoms with E-state index in [1.807, 2.05) is 0 Å². The van der Waals surface area contributed by atoms with Crippen molar-refractivity contribution >= 4 is 0 Å². The fourth-order valence-corrected chi connectivity index (χ4v) is 5.14. The van der Waals surface area contributed by atoms with Crippen LogP contribution >= 0.6 is 0 Å². The molecule has 1 unspecified atom stereocenters. The third kappa shape index (κ3) is 4.29. The van der Waals surface area contributed by atoms with Crippen LogP contribution in [-0.4, -0.2) is 72.1 Å². The average Bonchev–Trinajstić information content (AvgIpc) is 3.05. The predicted octanol–water partition coefficient (Wildman–Crippen LogP) is 3.30. The molecule has 3 nitrogen and oxygen atoms in total. The summed E-state index contributed by atoms with van der Waals surface area (Å²) in [4.78, 5) is 8.27. The van der Waals surface area contributed by atoms with Gasteiger partial charge in [0.05, 0.1) is 0 Å². The summed E-state index contributed by atoms with van der Waals surface area (Å²) in [5.74, 6) is 1.88. The highest BCUT2D eigenvalue weighted by atomic mass is 15.3. The van der Waals surface area contributed by atoms with Gasteiger partial charge < -0.3 is 0 Å². The van der Waals surface area contributed by atoms with E-state index in [1.165, 1.54) is 71.4 Å². The molecule has 23 heavy (non-hydrogen) atoms. The first-order valence-electron chi connectivity index (χ1n) is 10.3. The molecule has 2 saturated heterocycles. The highest BCUT2D eigenvalue weighted by molar-refractivity contribution is 4.89. The van der Waals surface area contributed by atoms with Crippen LogP contribution in [0.3, 0.4) is 0 Å². The fourth-order valence-electron chi connectivity index (χ4n) is 5.14. The molecular weight excluding hydrogens is 282 g/mol. The Hall–Kier alpha value is -0.120. The topological polar surface area (TPSA) is 9.72 Å². The minimum absolute atomic E-state index is 0.720. The minimum atomic E-state index is 0.720. The molecule has 0 aromatic heterocycles. The van der Waals surface area contributed by atoms with Gasteiger partial charge in [0.25, 0.3) is 0 Å². The highest BCUT2D eigenvalue weighted by Crippen LogP contribution is 2.32. The van der Waals surface area contributed by atoms with Crippen molar-refractivity contribution in [1.29, 1.82) is 0 Å². The van der Waals surface area contributed by atoms with Gasteiger partial charge in [-0.15, -0.1) is 0 Å². The van der Waals surface area contributed by atoms with Crippen LogP contribution in [-0.2, 0) is 0 Å². The lowest BCUT2D eigenvalue weighted by Gasteiger charge is -2.44. The second-order valence-corrected chi connectivity index (χ2v) is 8.92. The summed E-state index contributed by atoms with van der Waals surface area (Å²) in [5, 5.41) is 0. The second kappa shape index (κ2) is 7.84. The summed E-state index contributed by atoms with van der Waals surface area (Å²) in [6, 6.07) is 2.44. The van der Waals surface area contributed by atoms with E-state index in [1.54, 1.807) is 0 Å². The Morgan fingerprint density at radius 2 is 1.22 bits per heavy atom. The SMILES string of the molecule is CC(C)C1CCC(N2CCN(C3CCN(C(C)C)C3)CC2)CC1. The molecule has 0 spiro atoms. The summed E-state index contributed by atoms with van der Waals surface area (Å²) in [5.41, 5.74) is 0. The molecule has 0 aromatic rings. The van der Waals surface area contributed by atoms with E-state index in [-0.39, 0.29) is 0 Å². The van der Waals surface area contributed by atoms with Crippen molar-refractivity contribution in [3.63, 3.8) is 0 Å². The predicted molar refractivity (Wildman–Crippen MR) is 98.8 cm³/mol. The van der Waals surface area contributed by atoms with Crippen LogP contribution in [0.5, 0.6) is 0 Å². The van der Waals surface area contributed by atoms with Crippen LogP contribution in [0.1, 0.15) is 59.8 Å². The molecule has 3 fully saturated rings. The number of piperazine rings is 1. The van der Waals surface area contributed by atoms with Crippen molar-refractivity contribution in [2.45, 2.75) is 77.9 Å². The zero-order chi connectivity index (χ0) is 16.4. The molecule has 3 heteroatoms. The largest absolute Gasteiger partial charge is 0.299 e. The van der Waals surface area contributed by atoms with Crippen LogP contribution in [0.25, 0.3) is 0 Å². The van der Waals surface area contributed by atoms with Gasteiger partial charge in [-0.1, -0.05) is 13.8 Å². The quantitative estimate of drug-likeness (QED) is 0.786. The van der Waals surface area contributed by atoms with Crippen LogP contribution in [0.15, 0.2) is 0 Å². The maximum atomic E-state index is 2.82. The Morgan fingerprint density at radius 3 is 1.70 bits per heavy atom. The van der Waals surface area contributed by atoms with Crippen molar-refractivity contribution in [3.8, 4) is 0 Å². The zero-order valence-electron chi connectivity index (χ0n) is 16.0. The van der Waals surface area contributed by atoms with Gasteiger partial charge in [-0.2, -0.15) is 0 Å². The molecule has 0 N–H and O–H groups in total. The zero-order valence-corrected chi connectivity index (χ0v) is 16.0. The van der Waals surface area contributed by atoms with E-state index in [2.05, 4.69) is 42.4 Å². The van der Waals surface area contributed by atoms with Crippen LogP contribution in [0, 0.1) is 11.8 Å². The lowest BCUT2D eigenvalue weighted by atomic mass is 9.79. The monoisotopic (exact) mass is 321 g/mol. The molecule has 3 rings (SSSR count). The molecule has 0 aromatic carbocycles. The van der Waals surface area contributed by atoms with Gasteiger partial charge in [0.1, 0.15) is 0 Å². The summed E-state index contributed by atoms with van der Waals surface area (Å²) in [7, 11) is 0. The molecule has 1 aliphatic carbocycles. The van der Waals surface area contributed by atoms with Crippen molar-refractivity contribution in [2.24, 2.45) is 11.8 Å². The van der Waals surface area contributed by atoms with Gasteiger partial charge in [-0.3, -0.25) is 14.7 Å². The normalized spacial score (nSPS) is 35.5. The fraction of sp³-hybridized carbons (Fsp3) is 1.00. The third-order valence-electron chi connectivity index (χ3n) is 6.99. The molecule has 0 amide bonds. The van der Waals surface area contributed by atoms with Crippen molar-refractivity contribution in [1.82, 2.24) is 14.7 Å². The first-order valence-corrected chi connectivity index (χ1v) is 10.3. The van der Waals surface area contributed by atoms with Gasteiger partial charge >= 0.3 is 0 Å². The minimum Gasteiger partial charge on any atom is -0.299 e. The molecular formula is C20H39N3. The number of hydrogen-bond acceptors (Lipinski definition) is 3. The van der Waals surface area contributed by atoms with Gasteiger partial charge in [0.2, 0.25) is 0 Å². The second-order valence-electron chi connectivity index (χ2n) is 8.92. The van der Waals surface area contributed by atoms with Crippen molar-refractivity contribution in [2.75, 3.05) is 39.3 Å². The van der Waals surface area contributed by atoms with E-state index in [0.717, 1.165) is 30.0 Å². The first kappa shape index (κ1) is 17.7. The van der Waals surface area contributed by atoms with Crippen LogP contribution in [0.4, 0.5) is 0 Å². The molecule has 2 heterocycles. The number of rotatable bonds is 4. The number of nitrogens with zero attached hydrogens (tertiary/aromatic N) is 3. The standard InChI is InChI=1S/C20H39N3/c1-16(2)18-5-7-19(8-6-18)21-11-13-22(14-12-21)20-9-10-23(15-20)17(3)4/h16-20H,5-15H2,1-4H3. The number of hydrogen-bond donors (Lipinski definition) is 0. The van der Waals surface area contributed by atoms with Gasteiger partial charge in [0, 0.05) is 57.4 Å². The molecule has 1 saturated carbocycles. The average molecular weight is 322 g/mol. The molecule has 1 atom stereocenters. The van der Waals surface area contributed by atoms with Crippen molar-refractivity contribution < 1.29 is 0 Å². The van der Waals surface area contributed by atoms with Crippen LogP contribution < -0.4 is 0 Å². The summed E-state index contributed by atoms with van der Waals surface area (Å²) >= 11 is 0. The molecule has 2 aliphatic heterocycles. The Labute approximate surface area is 144 Å². The maximum Gasteiger partial charge on any atom is 0.0236 e. The van der Waals surface area contributed by atoms with E-state index in [9.17, 15) is 0 Å².